The molecule has 1 fully saturated rings. The fourth-order valence-corrected chi connectivity index (χ4v) is 1.84. The summed E-state index contributed by atoms with van der Waals surface area (Å²) in [6, 6.07) is 1.76. The van der Waals surface area contributed by atoms with Gasteiger partial charge in [0.2, 0.25) is 5.91 Å². The van der Waals surface area contributed by atoms with Crippen LogP contribution in [0.4, 0.5) is 5.82 Å². The summed E-state index contributed by atoms with van der Waals surface area (Å²) in [5, 5.41) is 9.84. The van der Waals surface area contributed by atoms with Crippen LogP contribution in [-0.4, -0.2) is 41.5 Å². The number of anilines is 1. The zero-order chi connectivity index (χ0) is 12.1. The van der Waals surface area contributed by atoms with E-state index in [0.717, 1.165) is 26.0 Å². The summed E-state index contributed by atoms with van der Waals surface area (Å²) in [6.45, 7) is 1.87. The minimum absolute atomic E-state index is 0.0633. The first-order valence-corrected chi connectivity index (χ1v) is 5.86. The van der Waals surface area contributed by atoms with E-state index in [4.69, 9.17) is 4.74 Å². The molecule has 1 saturated heterocycles. The van der Waals surface area contributed by atoms with E-state index < -0.39 is 0 Å². The van der Waals surface area contributed by atoms with Crippen molar-refractivity contribution >= 4 is 11.7 Å². The van der Waals surface area contributed by atoms with Gasteiger partial charge >= 0.3 is 0 Å². The van der Waals surface area contributed by atoms with Gasteiger partial charge in [-0.1, -0.05) is 0 Å². The molecule has 0 unspecified atom stereocenters. The molecule has 1 atom stereocenters. The molecule has 94 valence electrons. The highest BCUT2D eigenvalue weighted by Crippen LogP contribution is 2.10. The number of hydrogen-bond acceptors (Lipinski definition) is 4. The van der Waals surface area contributed by atoms with Gasteiger partial charge in [0.1, 0.15) is 5.82 Å². The van der Waals surface area contributed by atoms with Crippen LogP contribution in [0.1, 0.15) is 12.8 Å². The maximum Gasteiger partial charge on any atom is 0.239 e. The number of aromatic nitrogens is 2. The van der Waals surface area contributed by atoms with Crippen molar-refractivity contribution in [1.29, 1.82) is 0 Å². The fourth-order valence-electron chi connectivity index (χ4n) is 1.84. The molecule has 6 nitrogen and oxygen atoms in total. The van der Waals surface area contributed by atoms with Gasteiger partial charge in [0.25, 0.3) is 0 Å². The minimum atomic E-state index is -0.0633. The van der Waals surface area contributed by atoms with Crippen LogP contribution in [0.3, 0.4) is 0 Å². The molecule has 1 aromatic heterocycles. The van der Waals surface area contributed by atoms with Crippen LogP contribution in [0.25, 0.3) is 0 Å². The molecule has 0 radical (unpaired) electrons. The number of amides is 1. The Bertz CT molecular complexity index is 371. The summed E-state index contributed by atoms with van der Waals surface area (Å²) in [5.41, 5.74) is 0. The molecular weight excluding hydrogens is 220 g/mol. The Kier molecular flexibility index (Phi) is 4.11. The number of ether oxygens (including phenoxy) is 1. The third-order valence-electron chi connectivity index (χ3n) is 2.77. The van der Waals surface area contributed by atoms with E-state index in [1.165, 1.54) is 0 Å². The molecule has 1 aliphatic rings. The lowest BCUT2D eigenvalue weighted by atomic mass is 10.2. The Morgan fingerprint density at radius 3 is 3.24 bits per heavy atom. The number of carbonyl (C=O) groups excluding carboxylic acids is 1. The van der Waals surface area contributed by atoms with Crippen LogP contribution in [0.15, 0.2) is 12.3 Å². The summed E-state index contributed by atoms with van der Waals surface area (Å²) in [5.74, 6) is 0.639. The molecule has 1 aromatic rings. The predicted molar refractivity (Wildman–Crippen MR) is 63.7 cm³/mol. The minimum Gasteiger partial charge on any atom is -0.377 e. The highest BCUT2D eigenvalue weighted by Gasteiger charge is 2.15. The van der Waals surface area contributed by atoms with Crippen LogP contribution in [-0.2, 0) is 16.6 Å². The monoisotopic (exact) mass is 238 g/mol. The number of rotatable bonds is 5. The first kappa shape index (κ1) is 12.1. The van der Waals surface area contributed by atoms with Gasteiger partial charge < -0.3 is 15.4 Å². The molecule has 0 bridgehead atoms. The lowest BCUT2D eigenvalue weighted by Gasteiger charge is -2.10. The molecule has 2 heterocycles. The zero-order valence-electron chi connectivity index (χ0n) is 9.98. The van der Waals surface area contributed by atoms with Crippen LogP contribution in [0.2, 0.25) is 0 Å². The van der Waals surface area contributed by atoms with E-state index in [1.54, 1.807) is 24.0 Å². The van der Waals surface area contributed by atoms with Crippen LogP contribution < -0.4 is 10.6 Å². The maximum absolute atomic E-state index is 11.6. The molecule has 17 heavy (non-hydrogen) atoms. The van der Waals surface area contributed by atoms with Gasteiger partial charge in [0.05, 0.1) is 18.8 Å². The molecule has 0 spiro atoms. The molecule has 1 amide bonds. The van der Waals surface area contributed by atoms with E-state index in [9.17, 15) is 4.79 Å². The smallest absolute Gasteiger partial charge is 0.239 e. The average molecular weight is 238 g/mol. The van der Waals surface area contributed by atoms with Crippen molar-refractivity contribution in [2.24, 2.45) is 7.05 Å². The first-order chi connectivity index (χ1) is 8.25. The SMILES string of the molecule is Cn1nccc1NC(=O)CNC[C@@H]1CCCO1. The maximum atomic E-state index is 11.6. The van der Waals surface area contributed by atoms with Crippen molar-refractivity contribution in [3.63, 3.8) is 0 Å². The van der Waals surface area contributed by atoms with Gasteiger partial charge in [-0.3, -0.25) is 9.48 Å². The average Bonchev–Trinajstić information content (AvgIpc) is 2.92. The summed E-state index contributed by atoms with van der Waals surface area (Å²) >= 11 is 0. The van der Waals surface area contributed by atoms with Gasteiger partial charge in [0.15, 0.2) is 0 Å². The molecule has 0 aliphatic carbocycles. The third kappa shape index (κ3) is 3.54. The van der Waals surface area contributed by atoms with E-state index >= 15 is 0 Å². The molecular formula is C11H18N4O2. The second kappa shape index (κ2) is 5.79. The molecule has 6 heteroatoms. The Hall–Kier alpha value is -1.40. The Balaban J connectivity index is 1.65. The number of aryl methyl sites for hydroxylation is 1. The highest BCUT2D eigenvalue weighted by molar-refractivity contribution is 5.91. The second-order valence-electron chi connectivity index (χ2n) is 4.15. The third-order valence-corrected chi connectivity index (χ3v) is 2.77. The lowest BCUT2D eigenvalue weighted by molar-refractivity contribution is -0.115. The summed E-state index contributed by atoms with van der Waals surface area (Å²) in [7, 11) is 1.79. The summed E-state index contributed by atoms with van der Waals surface area (Å²) in [4.78, 5) is 11.6. The van der Waals surface area contributed by atoms with Crippen molar-refractivity contribution in [2.45, 2.75) is 18.9 Å². The Labute approximate surface area is 100 Å². The van der Waals surface area contributed by atoms with Gasteiger partial charge in [-0.25, -0.2) is 0 Å². The van der Waals surface area contributed by atoms with E-state index in [-0.39, 0.29) is 12.0 Å². The van der Waals surface area contributed by atoms with E-state index in [2.05, 4.69) is 15.7 Å². The van der Waals surface area contributed by atoms with E-state index in [0.29, 0.717) is 12.4 Å². The van der Waals surface area contributed by atoms with Crippen LogP contribution in [0, 0.1) is 0 Å². The van der Waals surface area contributed by atoms with Crippen molar-refractivity contribution in [1.82, 2.24) is 15.1 Å². The molecule has 0 saturated carbocycles. The number of nitrogens with zero attached hydrogens (tertiary/aromatic N) is 2. The van der Waals surface area contributed by atoms with Crippen molar-refractivity contribution in [3.05, 3.63) is 12.3 Å². The Morgan fingerprint density at radius 1 is 1.71 bits per heavy atom. The second-order valence-corrected chi connectivity index (χ2v) is 4.15. The number of carbonyl (C=O) groups is 1. The predicted octanol–water partition coefficient (Wildman–Crippen LogP) is 0.127. The Morgan fingerprint density at radius 2 is 2.59 bits per heavy atom. The topological polar surface area (TPSA) is 68.2 Å². The normalized spacial score (nSPS) is 19.5. The van der Waals surface area contributed by atoms with Crippen molar-refractivity contribution < 1.29 is 9.53 Å². The quantitative estimate of drug-likeness (QED) is 0.765. The number of nitrogens with one attached hydrogen (secondary N) is 2. The molecule has 2 N–H and O–H groups in total. The number of hydrogen-bond donors (Lipinski definition) is 2. The van der Waals surface area contributed by atoms with Gasteiger partial charge in [-0.2, -0.15) is 5.10 Å². The molecule has 0 aromatic carbocycles. The van der Waals surface area contributed by atoms with Crippen LogP contribution in [0.5, 0.6) is 0 Å². The lowest BCUT2D eigenvalue weighted by Crippen LogP contribution is -2.33. The van der Waals surface area contributed by atoms with Gasteiger partial charge in [-0.05, 0) is 12.8 Å². The zero-order valence-corrected chi connectivity index (χ0v) is 9.98. The molecule has 2 rings (SSSR count). The van der Waals surface area contributed by atoms with E-state index in [1.807, 2.05) is 0 Å². The highest BCUT2D eigenvalue weighted by atomic mass is 16.5. The van der Waals surface area contributed by atoms with Crippen molar-refractivity contribution in [2.75, 3.05) is 25.0 Å². The van der Waals surface area contributed by atoms with Gasteiger partial charge in [-0.15, -0.1) is 0 Å². The molecule has 1 aliphatic heterocycles. The fraction of sp³-hybridized carbons (Fsp3) is 0.636. The summed E-state index contributed by atoms with van der Waals surface area (Å²) in [6.07, 6.45) is 4.11. The van der Waals surface area contributed by atoms with Crippen molar-refractivity contribution in [3.8, 4) is 0 Å². The van der Waals surface area contributed by atoms with Gasteiger partial charge in [0, 0.05) is 26.3 Å². The summed E-state index contributed by atoms with van der Waals surface area (Å²) < 4.78 is 7.07. The standard InChI is InChI=1S/C11H18N4O2/c1-15-10(4-5-13-15)14-11(16)8-12-7-9-3-2-6-17-9/h4-5,9,12H,2-3,6-8H2,1H3,(H,14,16)/t9-/m0/s1. The first-order valence-electron chi connectivity index (χ1n) is 5.86. The largest absolute Gasteiger partial charge is 0.377 e. The van der Waals surface area contributed by atoms with Crippen LogP contribution >= 0.6 is 0 Å².